The standard InChI is InChI=1S/C20H20O3/c1-3-9-15-11-8-14-18(17(15)10-4-2)19(21)20(22,23)16-12-6-5-7-13-16/h3-8,11-14,22-23H,1-2,9-10H2. The van der Waals surface area contributed by atoms with Gasteiger partial charge in [-0.1, -0.05) is 60.7 Å². The van der Waals surface area contributed by atoms with Crippen LogP contribution in [0.4, 0.5) is 0 Å². The molecule has 2 N–H and O–H groups in total. The van der Waals surface area contributed by atoms with Crippen LogP contribution in [0.3, 0.4) is 0 Å². The molecule has 0 aromatic heterocycles. The zero-order chi connectivity index (χ0) is 16.9. The Labute approximate surface area is 136 Å². The number of allylic oxidation sites excluding steroid dienone is 2. The topological polar surface area (TPSA) is 57.5 Å². The first-order valence-electron chi connectivity index (χ1n) is 7.40. The van der Waals surface area contributed by atoms with E-state index in [1.165, 1.54) is 12.1 Å². The summed E-state index contributed by atoms with van der Waals surface area (Å²) in [5.74, 6) is -3.31. The van der Waals surface area contributed by atoms with E-state index in [2.05, 4.69) is 13.2 Å². The van der Waals surface area contributed by atoms with Crippen LogP contribution >= 0.6 is 0 Å². The van der Waals surface area contributed by atoms with Crippen LogP contribution in [0.1, 0.15) is 27.0 Å². The quantitative estimate of drug-likeness (QED) is 0.469. The molecule has 0 saturated carbocycles. The molecule has 0 aliphatic heterocycles. The highest BCUT2D eigenvalue weighted by molar-refractivity contribution is 6.03. The molecule has 118 valence electrons. The second kappa shape index (κ2) is 7.18. The minimum absolute atomic E-state index is 0.142. The van der Waals surface area contributed by atoms with Crippen molar-refractivity contribution >= 4 is 5.78 Å². The summed E-state index contributed by atoms with van der Waals surface area (Å²) in [6, 6.07) is 13.3. The molecule has 0 fully saturated rings. The Morgan fingerprint density at radius 1 is 0.957 bits per heavy atom. The minimum atomic E-state index is -2.57. The summed E-state index contributed by atoms with van der Waals surface area (Å²) >= 11 is 0. The molecule has 2 aromatic carbocycles. The highest BCUT2D eigenvalue weighted by Crippen LogP contribution is 2.27. The molecule has 0 saturated heterocycles. The van der Waals surface area contributed by atoms with Gasteiger partial charge in [-0.05, 0) is 24.0 Å². The first-order valence-corrected chi connectivity index (χ1v) is 7.40. The Morgan fingerprint density at radius 3 is 2.22 bits per heavy atom. The van der Waals surface area contributed by atoms with Crippen LogP contribution in [0.15, 0.2) is 73.8 Å². The minimum Gasteiger partial charge on any atom is -0.356 e. The summed E-state index contributed by atoms with van der Waals surface area (Å²) in [5, 5.41) is 20.8. The third-order valence-corrected chi connectivity index (χ3v) is 3.72. The first kappa shape index (κ1) is 16.9. The van der Waals surface area contributed by atoms with Gasteiger partial charge in [0.05, 0.1) is 0 Å². The van der Waals surface area contributed by atoms with Gasteiger partial charge < -0.3 is 10.2 Å². The summed E-state index contributed by atoms with van der Waals surface area (Å²) in [4.78, 5) is 12.8. The average Bonchev–Trinajstić information content (AvgIpc) is 2.57. The molecular formula is C20H20O3. The lowest BCUT2D eigenvalue weighted by atomic mass is 9.89. The number of benzene rings is 2. The number of aliphatic hydroxyl groups is 2. The van der Waals surface area contributed by atoms with Gasteiger partial charge in [-0.25, -0.2) is 0 Å². The SMILES string of the molecule is C=CCc1cccc(C(=O)C(O)(O)c2ccccc2)c1CC=C. The van der Waals surface area contributed by atoms with Gasteiger partial charge in [0.2, 0.25) is 5.78 Å². The van der Waals surface area contributed by atoms with Crippen molar-refractivity contribution in [2.24, 2.45) is 0 Å². The molecule has 0 heterocycles. The molecule has 0 atom stereocenters. The molecule has 0 amide bonds. The fraction of sp³-hybridized carbons (Fsp3) is 0.150. The number of carbonyl (C=O) groups excluding carboxylic acids is 1. The highest BCUT2D eigenvalue weighted by atomic mass is 16.5. The van der Waals surface area contributed by atoms with Crippen molar-refractivity contribution in [2.45, 2.75) is 18.6 Å². The van der Waals surface area contributed by atoms with Crippen LogP contribution in [0.2, 0.25) is 0 Å². The lowest BCUT2D eigenvalue weighted by Gasteiger charge is -2.22. The predicted octanol–water partition coefficient (Wildman–Crippen LogP) is 3.16. The molecule has 0 radical (unpaired) electrons. The molecular weight excluding hydrogens is 288 g/mol. The van der Waals surface area contributed by atoms with Gasteiger partial charge >= 0.3 is 0 Å². The van der Waals surface area contributed by atoms with Gasteiger partial charge in [0.15, 0.2) is 0 Å². The summed E-state index contributed by atoms with van der Waals surface area (Å²) in [5.41, 5.74) is 2.10. The monoisotopic (exact) mass is 308 g/mol. The second-order valence-corrected chi connectivity index (χ2v) is 5.30. The van der Waals surface area contributed by atoms with E-state index in [4.69, 9.17) is 0 Å². The molecule has 2 rings (SSSR count). The maximum absolute atomic E-state index is 12.8. The second-order valence-electron chi connectivity index (χ2n) is 5.30. The van der Waals surface area contributed by atoms with Gasteiger partial charge in [-0.15, -0.1) is 13.2 Å². The van der Waals surface area contributed by atoms with Crippen molar-refractivity contribution in [1.82, 2.24) is 0 Å². The van der Waals surface area contributed by atoms with E-state index in [0.29, 0.717) is 12.8 Å². The van der Waals surface area contributed by atoms with Crippen molar-refractivity contribution in [1.29, 1.82) is 0 Å². The largest absolute Gasteiger partial charge is 0.356 e. The zero-order valence-corrected chi connectivity index (χ0v) is 12.9. The van der Waals surface area contributed by atoms with E-state index >= 15 is 0 Å². The van der Waals surface area contributed by atoms with Gasteiger partial charge in [0, 0.05) is 11.1 Å². The number of rotatable bonds is 7. The third-order valence-electron chi connectivity index (χ3n) is 3.72. The van der Waals surface area contributed by atoms with Crippen LogP contribution < -0.4 is 0 Å². The normalized spacial score (nSPS) is 11.0. The Balaban J connectivity index is 2.52. The van der Waals surface area contributed by atoms with Crippen molar-refractivity contribution in [3.63, 3.8) is 0 Å². The third kappa shape index (κ3) is 3.47. The van der Waals surface area contributed by atoms with Crippen LogP contribution in [0, 0.1) is 0 Å². The number of ketones is 1. The lowest BCUT2D eigenvalue weighted by Crippen LogP contribution is -2.36. The van der Waals surface area contributed by atoms with Crippen molar-refractivity contribution in [3.8, 4) is 0 Å². The van der Waals surface area contributed by atoms with Crippen molar-refractivity contribution < 1.29 is 15.0 Å². The summed E-state index contributed by atoms with van der Waals surface area (Å²) in [6.45, 7) is 7.43. The van der Waals surface area contributed by atoms with E-state index in [9.17, 15) is 15.0 Å². The van der Waals surface area contributed by atoms with Crippen LogP contribution in [-0.2, 0) is 18.6 Å². The summed E-state index contributed by atoms with van der Waals surface area (Å²) < 4.78 is 0. The molecule has 2 aromatic rings. The number of hydrogen-bond donors (Lipinski definition) is 2. The van der Waals surface area contributed by atoms with E-state index < -0.39 is 11.6 Å². The molecule has 0 spiro atoms. The fourth-order valence-corrected chi connectivity index (χ4v) is 2.57. The smallest absolute Gasteiger partial charge is 0.256 e. The molecule has 0 bridgehead atoms. The van der Waals surface area contributed by atoms with Gasteiger partial charge in [-0.2, -0.15) is 0 Å². The van der Waals surface area contributed by atoms with Gasteiger partial charge in [0.1, 0.15) is 0 Å². The van der Waals surface area contributed by atoms with Gasteiger partial charge in [0.25, 0.3) is 5.79 Å². The van der Waals surface area contributed by atoms with E-state index in [1.54, 1.807) is 42.5 Å². The summed E-state index contributed by atoms with van der Waals surface area (Å²) in [7, 11) is 0. The molecule has 0 aliphatic rings. The Kier molecular flexibility index (Phi) is 5.27. The van der Waals surface area contributed by atoms with Crippen molar-refractivity contribution in [2.75, 3.05) is 0 Å². The van der Waals surface area contributed by atoms with Gasteiger partial charge in [-0.3, -0.25) is 4.79 Å². The highest BCUT2D eigenvalue weighted by Gasteiger charge is 2.37. The predicted molar refractivity (Wildman–Crippen MR) is 91.1 cm³/mol. The Hall–Kier alpha value is -2.49. The van der Waals surface area contributed by atoms with Crippen molar-refractivity contribution in [3.05, 3.63) is 96.1 Å². The molecule has 3 heteroatoms. The Morgan fingerprint density at radius 2 is 1.61 bits per heavy atom. The fourth-order valence-electron chi connectivity index (χ4n) is 2.57. The zero-order valence-electron chi connectivity index (χ0n) is 12.9. The average molecular weight is 308 g/mol. The van der Waals surface area contributed by atoms with E-state index in [1.807, 2.05) is 6.07 Å². The lowest BCUT2D eigenvalue weighted by molar-refractivity contribution is -0.128. The molecule has 0 unspecified atom stereocenters. The Bertz CT molecular complexity index is 715. The summed E-state index contributed by atoms with van der Waals surface area (Å²) in [6.07, 6.45) is 4.51. The maximum Gasteiger partial charge on any atom is 0.256 e. The number of carbonyl (C=O) groups is 1. The maximum atomic E-state index is 12.8. The van der Waals surface area contributed by atoms with E-state index in [0.717, 1.165) is 11.1 Å². The van der Waals surface area contributed by atoms with E-state index in [-0.39, 0.29) is 11.1 Å². The first-order chi connectivity index (χ1) is 11.0. The number of hydrogen-bond acceptors (Lipinski definition) is 3. The molecule has 0 aliphatic carbocycles. The van der Waals surface area contributed by atoms with Crippen LogP contribution in [0.5, 0.6) is 0 Å². The molecule has 23 heavy (non-hydrogen) atoms. The molecule has 3 nitrogen and oxygen atoms in total. The van der Waals surface area contributed by atoms with Crippen LogP contribution in [0.25, 0.3) is 0 Å². The number of Topliss-reactive ketones (excluding diaryl/α,β-unsaturated/α-hetero) is 1. The van der Waals surface area contributed by atoms with Crippen LogP contribution in [-0.4, -0.2) is 16.0 Å².